The average Bonchev–Trinajstić information content (AvgIpc) is 2.83. The third-order valence-corrected chi connectivity index (χ3v) is 3.87. The first kappa shape index (κ1) is 14.9. The molecule has 0 aliphatic heterocycles. The van der Waals surface area contributed by atoms with Gasteiger partial charge in [0.2, 0.25) is 0 Å². The number of hydrogen-bond donors (Lipinski definition) is 1. The summed E-state index contributed by atoms with van der Waals surface area (Å²) in [6.07, 6.45) is 0.903. The maximum absolute atomic E-state index is 11.4. The summed E-state index contributed by atoms with van der Waals surface area (Å²) in [5.41, 5.74) is 3.59. The van der Waals surface area contributed by atoms with Crippen LogP contribution in [0.15, 0.2) is 34.8 Å². The highest BCUT2D eigenvalue weighted by Crippen LogP contribution is 2.31. The second-order valence-corrected chi connectivity index (χ2v) is 5.94. The topological polar surface area (TPSA) is 42.2 Å². The van der Waals surface area contributed by atoms with Gasteiger partial charge in [-0.25, -0.2) is 4.79 Å². The number of aromatic nitrogens is 1. The van der Waals surface area contributed by atoms with Crippen molar-refractivity contribution in [2.45, 2.75) is 33.2 Å². The molecule has 0 spiro atoms. The van der Waals surface area contributed by atoms with E-state index in [4.69, 9.17) is 0 Å². The molecule has 4 heteroatoms. The first-order valence-electron chi connectivity index (χ1n) is 6.69. The number of nitrogens with zero attached hydrogens (tertiary/aromatic N) is 1. The Kier molecular flexibility index (Phi) is 4.33. The van der Waals surface area contributed by atoms with Gasteiger partial charge in [0.25, 0.3) is 0 Å². The van der Waals surface area contributed by atoms with E-state index in [9.17, 15) is 9.90 Å². The highest BCUT2D eigenvalue weighted by atomic mass is 79.9. The summed E-state index contributed by atoms with van der Waals surface area (Å²) in [7, 11) is 0. The number of aryl methyl sites for hydroxylation is 1. The monoisotopic (exact) mass is 335 g/mol. The van der Waals surface area contributed by atoms with Crippen LogP contribution in [0.2, 0.25) is 0 Å². The van der Waals surface area contributed by atoms with Gasteiger partial charge in [-0.1, -0.05) is 28.9 Å². The summed E-state index contributed by atoms with van der Waals surface area (Å²) in [5, 5.41) is 9.32. The highest BCUT2D eigenvalue weighted by Gasteiger charge is 2.18. The summed E-state index contributed by atoms with van der Waals surface area (Å²) in [4.78, 5) is 11.4. The molecule has 0 aliphatic carbocycles. The molecule has 2 rings (SSSR count). The maximum Gasteiger partial charge on any atom is 0.352 e. The second-order valence-electron chi connectivity index (χ2n) is 5.03. The number of aromatic carboxylic acids is 1. The van der Waals surface area contributed by atoms with Crippen molar-refractivity contribution >= 4 is 21.9 Å². The van der Waals surface area contributed by atoms with Crippen LogP contribution >= 0.6 is 15.9 Å². The molecule has 0 aliphatic rings. The van der Waals surface area contributed by atoms with Gasteiger partial charge in [-0.2, -0.15) is 0 Å². The zero-order valence-corrected chi connectivity index (χ0v) is 13.4. The van der Waals surface area contributed by atoms with Crippen LogP contribution in [-0.4, -0.2) is 15.6 Å². The molecular weight excluding hydrogens is 318 g/mol. The minimum atomic E-state index is -0.889. The van der Waals surface area contributed by atoms with Gasteiger partial charge >= 0.3 is 5.97 Å². The Morgan fingerprint density at radius 3 is 2.55 bits per heavy atom. The quantitative estimate of drug-likeness (QED) is 0.875. The lowest BCUT2D eigenvalue weighted by Crippen LogP contribution is -2.12. The number of carboxylic acids is 1. The Morgan fingerprint density at radius 2 is 2.00 bits per heavy atom. The Morgan fingerprint density at radius 1 is 1.30 bits per heavy atom. The van der Waals surface area contributed by atoms with E-state index in [0.29, 0.717) is 5.69 Å². The molecule has 0 atom stereocenters. The Bertz CT molecular complexity index is 644. The van der Waals surface area contributed by atoms with Crippen LogP contribution in [0.4, 0.5) is 0 Å². The van der Waals surface area contributed by atoms with Gasteiger partial charge in [-0.05, 0) is 50.1 Å². The SMILES string of the molecule is CCc1cc(Br)ccc1-c1ccc(C(=O)O)n1C(C)C. The summed E-state index contributed by atoms with van der Waals surface area (Å²) >= 11 is 3.48. The molecule has 0 fully saturated rings. The molecule has 0 unspecified atom stereocenters. The van der Waals surface area contributed by atoms with Crippen LogP contribution in [0.5, 0.6) is 0 Å². The van der Waals surface area contributed by atoms with E-state index in [2.05, 4.69) is 28.9 Å². The molecule has 0 amide bonds. The van der Waals surface area contributed by atoms with Crippen LogP contribution < -0.4 is 0 Å². The lowest BCUT2D eigenvalue weighted by molar-refractivity contribution is 0.0683. The van der Waals surface area contributed by atoms with Gasteiger partial charge in [0.05, 0.1) is 0 Å². The number of halogens is 1. The van der Waals surface area contributed by atoms with Gasteiger partial charge < -0.3 is 9.67 Å². The molecular formula is C16H18BrNO2. The predicted molar refractivity (Wildman–Crippen MR) is 84.3 cm³/mol. The van der Waals surface area contributed by atoms with Gasteiger partial charge in [-0.15, -0.1) is 0 Å². The summed E-state index contributed by atoms with van der Waals surface area (Å²) < 4.78 is 2.92. The van der Waals surface area contributed by atoms with Crippen LogP contribution in [0.1, 0.15) is 42.9 Å². The average molecular weight is 336 g/mol. The molecule has 20 heavy (non-hydrogen) atoms. The third kappa shape index (κ3) is 2.66. The van der Waals surface area contributed by atoms with Crippen molar-refractivity contribution in [2.75, 3.05) is 0 Å². The fraction of sp³-hybridized carbons (Fsp3) is 0.312. The first-order valence-corrected chi connectivity index (χ1v) is 7.48. The van der Waals surface area contributed by atoms with Gasteiger partial charge in [-0.3, -0.25) is 0 Å². The number of benzene rings is 1. The zero-order valence-electron chi connectivity index (χ0n) is 11.9. The molecule has 0 bridgehead atoms. The zero-order chi connectivity index (χ0) is 14.9. The minimum absolute atomic E-state index is 0.0967. The number of carboxylic acid groups (broad SMARTS) is 1. The van der Waals surface area contributed by atoms with Crippen molar-refractivity contribution in [2.24, 2.45) is 0 Å². The molecule has 3 nitrogen and oxygen atoms in total. The van der Waals surface area contributed by atoms with Crippen molar-refractivity contribution in [3.63, 3.8) is 0 Å². The molecule has 2 aromatic rings. The summed E-state index contributed by atoms with van der Waals surface area (Å²) in [6.45, 7) is 6.10. The third-order valence-electron chi connectivity index (χ3n) is 3.38. The van der Waals surface area contributed by atoms with Crippen LogP contribution in [0, 0.1) is 0 Å². The van der Waals surface area contributed by atoms with Crippen molar-refractivity contribution in [1.82, 2.24) is 4.57 Å². The van der Waals surface area contributed by atoms with E-state index in [1.807, 2.05) is 36.6 Å². The summed E-state index contributed by atoms with van der Waals surface area (Å²) in [5.74, 6) is -0.889. The molecule has 0 saturated carbocycles. The smallest absolute Gasteiger partial charge is 0.352 e. The van der Waals surface area contributed by atoms with E-state index in [0.717, 1.165) is 22.2 Å². The van der Waals surface area contributed by atoms with Crippen LogP contribution in [0.3, 0.4) is 0 Å². The number of hydrogen-bond acceptors (Lipinski definition) is 1. The maximum atomic E-state index is 11.4. The standard InChI is InChI=1S/C16H18BrNO2/c1-4-11-9-12(17)5-6-13(11)14-7-8-15(16(19)20)18(14)10(2)3/h5-10H,4H2,1-3H3,(H,19,20). The largest absolute Gasteiger partial charge is 0.477 e. The van der Waals surface area contributed by atoms with Crippen molar-refractivity contribution in [3.8, 4) is 11.3 Å². The predicted octanol–water partition coefficient (Wildman–Crippen LogP) is 4.76. The van der Waals surface area contributed by atoms with Crippen molar-refractivity contribution in [3.05, 3.63) is 46.1 Å². The van der Waals surface area contributed by atoms with E-state index in [1.54, 1.807) is 6.07 Å². The van der Waals surface area contributed by atoms with Crippen molar-refractivity contribution in [1.29, 1.82) is 0 Å². The molecule has 1 aromatic carbocycles. The molecule has 0 saturated heterocycles. The van der Waals surface area contributed by atoms with Crippen molar-refractivity contribution < 1.29 is 9.90 Å². The molecule has 0 radical (unpaired) electrons. The van der Waals surface area contributed by atoms with E-state index < -0.39 is 5.97 Å². The Balaban J connectivity index is 2.67. The highest BCUT2D eigenvalue weighted by molar-refractivity contribution is 9.10. The fourth-order valence-electron chi connectivity index (χ4n) is 2.50. The minimum Gasteiger partial charge on any atom is -0.477 e. The molecule has 1 heterocycles. The van der Waals surface area contributed by atoms with Gasteiger partial charge in [0, 0.05) is 21.8 Å². The molecule has 1 N–H and O–H groups in total. The van der Waals surface area contributed by atoms with Gasteiger partial charge in [0.1, 0.15) is 5.69 Å². The number of rotatable bonds is 4. The molecule has 1 aromatic heterocycles. The van der Waals surface area contributed by atoms with Crippen LogP contribution in [-0.2, 0) is 6.42 Å². The lowest BCUT2D eigenvalue weighted by atomic mass is 10.0. The van der Waals surface area contributed by atoms with E-state index in [-0.39, 0.29) is 6.04 Å². The molecule has 106 valence electrons. The van der Waals surface area contributed by atoms with Crippen LogP contribution in [0.25, 0.3) is 11.3 Å². The Labute approximate surface area is 127 Å². The second kappa shape index (κ2) is 5.83. The summed E-state index contributed by atoms with van der Waals surface area (Å²) in [6, 6.07) is 9.80. The lowest BCUT2D eigenvalue weighted by Gasteiger charge is -2.17. The van der Waals surface area contributed by atoms with E-state index in [1.165, 1.54) is 5.56 Å². The first-order chi connectivity index (χ1) is 9.45. The number of carbonyl (C=O) groups is 1. The van der Waals surface area contributed by atoms with Gasteiger partial charge in [0.15, 0.2) is 0 Å². The normalized spacial score (nSPS) is 11.1. The van der Waals surface area contributed by atoms with E-state index >= 15 is 0 Å². The Hall–Kier alpha value is -1.55. The fourth-order valence-corrected chi connectivity index (χ4v) is 2.91.